The van der Waals surface area contributed by atoms with Crippen LogP contribution < -0.4 is 5.32 Å². The van der Waals surface area contributed by atoms with E-state index >= 15 is 0 Å². The molecule has 0 unspecified atom stereocenters. The molecule has 0 radical (unpaired) electrons. The van der Waals surface area contributed by atoms with Crippen LogP contribution in [-0.2, 0) is 11.3 Å². The van der Waals surface area contributed by atoms with Crippen molar-refractivity contribution in [3.63, 3.8) is 0 Å². The Morgan fingerprint density at radius 2 is 2.08 bits per heavy atom. The molecule has 7 nitrogen and oxygen atoms in total. The Morgan fingerprint density at radius 3 is 2.86 bits per heavy atom. The zero-order chi connectivity index (χ0) is 25.6. The fourth-order valence-corrected chi connectivity index (χ4v) is 5.14. The number of halogens is 4. The highest BCUT2D eigenvalue weighted by Crippen LogP contribution is 2.38. The van der Waals surface area contributed by atoms with Crippen LogP contribution in [0.1, 0.15) is 54.1 Å². The number of alkyl halides is 3. The molecule has 11 heteroatoms. The summed E-state index contributed by atoms with van der Waals surface area (Å²) in [5.41, 5.74) is 1.23. The minimum atomic E-state index is -3.25. The van der Waals surface area contributed by atoms with Gasteiger partial charge in [-0.25, -0.2) is 27.5 Å². The molecule has 2 aromatic rings. The monoisotopic (exact) mass is 501 g/mol. The van der Waals surface area contributed by atoms with Gasteiger partial charge in [0, 0.05) is 18.4 Å². The topological polar surface area (TPSA) is 90.7 Å². The summed E-state index contributed by atoms with van der Waals surface area (Å²) in [6, 6.07) is 2.16. The summed E-state index contributed by atoms with van der Waals surface area (Å²) in [5, 5.41) is 13.0. The lowest BCUT2D eigenvalue weighted by molar-refractivity contribution is -0.135. The van der Waals surface area contributed by atoms with E-state index in [4.69, 9.17) is 6.42 Å². The molecule has 4 atom stereocenters. The second-order valence-electron chi connectivity index (χ2n) is 9.28. The molecule has 2 fully saturated rings. The number of carbonyl (C=O) groups is 1. The van der Waals surface area contributed by atoms with E-state index in [2.05, 4.69) is 26.2 Å². The van der Waals surface area contributed by atoms with E-state index in [1.807, 2.05) is 0 Å². The largest absolute Gasteiger partial charge is 0.385 e. The standard InChI is InChI=1S/C25H23F4N5O2/c1-2-13-6-14(8-15(26)7-13)19-9-16(27)11-34(19)24(36)21-20-18(10-30-21)31-12-32-23(20)33-17-4-3-5-25(28,29)22(17)35/h1,6-8,12,16-17,19,22,35H,3-5,9-11H2,(H,31,32,33)/t16-,17+,19+,22-/m0/s1. The van der Waals surface area contributed by atoms with Gasteiger partial charge in [0.05, 0.1) is 36.4 Å². The minimum absolute atomic E-state index is 0.0426. The van der Waals surface area contributed by atoms with Crippen LogP contribution in [0, 0.1) is 18.2 Å². The average molecular weight is 501 g/mol. The van der Waals surface area contributed by atoms with E-state index in [1.54, 1.807) is 0 Å². The van der Waals surface area contributed by atoms with Crippen LogP contribution >= 0.6 is 0 Å². The maximum absolute atomic E-state index is 14.5. The van der Waals surface area contributed by atoms with Crippen LogP contribution in [0.3, 0.4) is 0 Å². The Balaban J connectivity index is 1.45. The Morgan fingerprint density at radius 1 is 1.28 bits per heavy atom. The van der Waals surface area contributed by atoms with Gasteiger partial charge in [-0.15, -0.1) is 6.42 Å². The number of hydrogen-bond donors (Lipinski definition) is 2. The Labute approximate surface area is 204 Å². The smallest absolute Gasteiger partial charge is 0.275 e. The number of rotatable bonds is 4. The first kappa shape index (κ1) is 24.2. The predicted molar refractivity (Wildman–Crippen MR) is 123 cm³/mol. The molecule has 1 aliphatic carbocycles. The second-order valence-corrected chi connectivity index (χ2v) is 9.28. The van der Waals surface area contributed by atoms with Gasteiger partial charge < -0.3 is 15.3 Å². The number of nitrogens with one attached hydrogen (secondary N) is 1. The number of amides is 1. The molecule has 2 N–H and O–H groups in total. The number of likely N-dealkylation sites (tertiary alicyclic amines) is 1. The minimum Gasteiger partial charge on any atom is -0.385 e. The van der Waals surface area contributed by atoms with Crippen molar-refractivity contribution < 1.29 is 27.5 Å². The Kier molecular flexibility index (Phi) is 6.16. The lowest BCUT2D eigenvalue weighted by atomic mass is 9.89. The van der Waals surface area contributed by atoms with Gasteiger partial charge in [-0.05, 0) is 36.6 Å². The summed E-state index contributed by atoms with van der Waals surface area (Å²) >= 11 is 0. The predicted octanol–water partition coefficient (Wildman–Crippen LogP) is 3.17. The molecule has 0 bridgehead atoms. The summed E-state index contributed by atoms with van der Waals surface area (Å²) in [6.45, 7) is -0.181. The van der Waals surface area contributed by atoms with E-state index in [-0.39, 0.29) is 55.0 Å². The fraction of sp³-hybridized carbons (Fsp3) is 0.440. The molecule has 5 rings (SSSR count). The van der Waals surface area contributed by atoms with Gasteiger partial charge in [0.15, 0.2) is 0 Å². The summed E-state index contributed by atoms with van der Waals surface area (Å²) in [7, 11) is 0. The van der Waals surface area contributed by atoms with Gasteiger partial charge >= 0.3 is 0 Å². The number of terminal acetylenes is 1. The number of fused-ring (bicyclic) bond motifs is 1. The highest BCUT2D eigenvalue weighted by atomic mass is 19.3. The molecule has 1 saturated heterocycles. The summed E-state index contributed by atoms with van der Waals surface area (Å²) in [4.78, 5) is 27.5. The van der Waals surface area contributed by atoms with E-state index in [9.17, 15) is 27.5 Å². The van der Waals surface area contributed by atoms with Gasteiger partial charge in [0.1, 0.15) is 35.9 Å². The Hall–Kier alpha value is -3.52. The SMILES string of the molecule is C#Cc1cc(F)cc([C@H]2C[C@H](F)CN2C(=O)C2=NCc3ncnc(N[C@@H]4CCCC(F)(F)[C@H]4O)c32)c1. The molecular formula is C25H23F4N5O2. The van der Waals surface area contributed by atoms with Gasteiger partial charge in [-0.3, -0.25) is 9.79 Å². The van der Waals surface area contributed by atoms with E-state index in [0.29, 0.717) is 11.3 Å². The van der Waals surface area contributed by atoms with Crippen molar-refractivity contribution in [3.05, 3.63) is 52.7 Å². The second kappa shape index (κ2) is 9.17. The first-order chi connectivity index (χ1) is 17.2. The number of anilines is 1. The zero-order valence-corrected chi connectivity index (χ0v) is 19.1. The molecule has 1 saturated carbocycles. The third-order valence-electron chi connectivity index (χ3n) is 6.90. The van der Waals surface area contributed by atoms with Crippen LogP contribution in [0.4, 0.5) is 23.4 Å². The number of carbonyl (C=O) groups excluding carboxylic acids is 1. The van der Waals surface area contributed by atoms with Crippen LogP contribution in [0.2, 0.25) is 0 Å². The number of nitrogens with zero attached hydrogens (tertiary/aromatic N) is 4. The fourth-order valence-electron chi connectivity index (χ4n) is 5.14. The third kappa shape index (κ3) is 4.30. The maximum Gasteiger partial charge on any atom is 0.275 e. The van der Waals surface area contributed by atoms with Crippen molar-refractivity contribution in [2.24, 2.45) is 4.99 Å². The average Bonchev–Trinajstić information content (AvgIpc) is 3.45. The van der Waals surface area contributed by atoms with Crippen LogP contribution in [0.15, 0.2) is 29.5 Å². The number of aromatic nitrogens is 2. The lowest BCUT2D eigenvalue weighted by Crippen LogP contribution is -2.50. The summed E-state index contributed by atoms with van der Waals surface area (Å²) in [6.07, 6.45) is 3.38. The molecule has 188 valence electrons. The molecular weight excluding hydrogens is 478 g/mol. The third-order valence-corrected chi connectivity index (χ3v) is 6.90. The van der Waals surface area contributed by atoms with Crippen molar-refractivity contribution in [1.29, 1.82) is 0 Å². The lowest BCUT2D eigenvalue weighted by Gasteiger charge is -2.35. The van der Waals surface area contributed by atoms with Crippen molar-refractivity contribution >= 4 is 17.4 Å². The van der Waals surface area contributed by atoms with Gasteiger partial charge in [-0.1, -0.05) is 5.92 Å². The highest BCUT2D eigenvalue weighted by Gasteiger charge is 2.47. The number of aliphatic hydroxyl groups is 1. The van der Waals surface area contributed by atoms with Crippen LogP contribution in [0.5, 0.6) is 0 Å². The first-order valence-corrected chi connectivity index (χ1v) is 11.6. The number of aliphatic hydroxyl groups excluding tert-OH is 1. The van der Waals surface area contributed by atoms with Crippen LogP contribution in [0.25, 0.3) is 0 Å². The molecule has 3 aliphatic rings. The Bertz CT molecular complexity index is 1280. The zero-order valence-electron chi connectivity index (χ0n) is 19.1. The van der Waals surface area contributed by atoms with Gasteiger partial charge in [-0.2, -0.15) is 0 Å². The molecule has 0 spiro atoms. The van der Waals surface area contributed by atoms with Crippen molar-refractivity contribution in [1.82, 2.24) is 14.9 Å². The number of benzene rings is 1. The van der Waals surface area contributed by atoms with E-state index < -0.39 is 48.4 Å². The molecule has 1 amide bonds. The summed E-state index contributed by atoms with van der Waals surface area (Å²) in [5.74, 6) is -2.01. The van der Waals surface area contributed by atoms with Crippen molar-refractivity contribution in [2.75, 3.05) is 11.9 Å². The number of aliphatic imine (C=N–C) groups is 1. The molecule has 36 heavy (non-hydrogen) atoms. The van der Waals surface area contributed by atoms with Crippen LogP contribution in [-0.4, -0.2) is 62.4 Å². The van der Waals surface area contributed by atoms with E-state index in [0.717, 1.165) is 0 Å². The quantitative estimate of drug-likeness (QED) is 0.496. The first-order valence-electron chi connectivity index (χ1n) is 11.6. The van der Waals surface area contributed by atoms with Crippen molar-refractivity contribution in [2.45, 2.75) is 62.5 Å². The highest BCUT2D eigenvalue weighted by molar-refractivity contribution is 6.47. The van der Waals surface area contributed by atoms with Crippen molar-refractivity contribution in [3.8, 4) is 12.3 Å². The molecule has 3 heterocycles. The molecule has 1 aromatic heterocycles. The van der Waals surface area contributed by atoms with Gasteiger partial charge in [0.2, 0.25) is 0 Å². The van der Waals surface area contributed by atoms with Gasteiger partial charge in [0.25, 0.3) is 11.8 Å². The molecule has 2 aliphatic heterocycles. The molecule has 1 aromatic carbocycles. The maximum atomic E-state index is 14.5. The van der Waals surface area contributed by atoms with E-state index in [1.165, 1.54) is 29.4 Å². The normalized spacial score (nSPS) is 26.8. The summed E-state index contributed by atoms with van der Waals surface area (Å²) < 4.78 is 56.8. The number of hydrogen-bond acceptors (Lipinski definition) is 6.